The minimum Gasteiger partial charge on any atom is -0.404 e. The summed E-state index contributed by atoms with van der Waals surface area (Å²) in [6, 6.07) is -0.795. The Labute approximate surface area is 280 Å². The Bertz CT molecular complexity index is 1050. The Morgan fingerprint density at radius 2 is 1.80 bits per heavy atom. The molecule has 3 saturated carbocycles. The number of aliphatic imine (C=N–C) groups is 1. The molecular formula is C32H59BN6O6S. The van der Waals surface area contributed by atoms with Gasteiger partial charge in [0.15, 0.2) is 5.03 Å². The average Bonchev–Trinajstić information content (AvgIpc) is 3.34. The first-order valence-corrected chi connectivity index (χ1v) is 18.6. The number of nitrogens with zero attached hydrogens (tertiary/aromatic N) is 2. The van der Waals surface area contributed by atoms with Crippen molar-refractivity contribution in [1.29, 1.82) is 0 Å². The predicted octanol–water partition coefficient (Wildman–Crippen LogP) is 4.63. The van der Waals surface area contributed by atoms with Gasteiger partial charge in [-0.3, -0.25) is 9.59 Å². The molecule has 0 radical (unpaired) electrons. The van der Waals surface area contributed by atoms with Crippen molar-refractivity contribution in [2.24, 2.45) is 33.9 Å². The van der Waals surface area contributed by atoms with E-state index in [1.54, 1.807) is 11.8 Å². The van der Waals surface area contributed by atoms with Crippen LogP contribution in [0.15, 0.2) is 4.99 Å². The van der Waals surface area contributed by atoms with E-state index in [9.17, 15) is 19.7 Å². The smallest absolute Gasteiger partial charge is 0.404 e. The summed E-state index contributed by atoms with van der Waals surface area (Å²) in [5.41, 5.74) is 7.18. The number of nitro groups is 1. The number of hydrogen-bond donors (Lipinski definition) is 4. The molecule has 4 aliphatic rings. The van der Waals surface area contributed by atoms with Crippen LogP contribution in [-0.2, 0) is 18.9 Å². The summed E-state index contributed by atoms with van der Waals surface area (Å²) in [5, 5.41) is 16.0. The van der Waals surface area contributed by atoms with Crippen molar-refractivity contribution in [3.8, 4) is 0 Å². The maximum atomic E-state index is 13.8. The van der Waals surface area contributed by atoms with Crippen LogP contribution < -0.4 is 21.8 Å². The Hall–Kier alpha value is -2.06. The van der Waals surface area contributed by atoms with Crippen LogP contribution in [-0.4, -0.2) is 71.7 Å². The van der Waals surface area contributed by atoms with Gasteiger partial charge in [0, 0.05) is 18.7 Å². The van der Waals surface area contributed by atoms with Crippen molar-refractivity contribution >= 4 is 36.7 Å². The predicted molar refractivity (Wildman–Crippen MR) is 185 cm³/mol. The van der Waals surface area contributed by atoms with Crippen molar-refractivity contribution in [3.63, 3.8) is 0 Å². The number of nitrogens with two attached hydrogens (primary N) is 1. The minimum absolute atomic E-state index is 0.00118. The third-order valence-electron chi connectivity index (χ3n) is 10.3. The molecule has 0 aromatic carbocycles. The molecule has 4 fully saturated rings. The van der Waals surface area contributed by atoms with Crippen LogP contribution in [0.2, 0.25) is 0 Å². The molecule has 46 heavy (non-hydrogen) atoms. The summed E-state index contributed by atoms with van der Waals surface area (Å²) >= 11 is 1.77. The minimum atomic E-state index is -0.795. The molecule has 4 rings (SSSR count). The van der Waals surface area contributed by atoms with Gasteiger partial charge in [-0.25, -0.2) is 15.1 Å². The van der Waals surface area contributed by atoms with Crippen LogP contribution in [0.1, 0.15) is 119 Å². The molecule has 1 heterocycles. The van der Waals surface area contributed by atoms with Gasteiger partial charge in [-0.2, -0.15) is 11.8 Å². The number of amides is 2. The number of hydrogen-bond acceptors (Lipinski definition) is 8. The number of thioether (sulfide) groups is 1. The third-order valence-corrected chi connectivity index (χ3v) is 11.3. The van der Waals surface area contributed by atoms with Gasteiger partial charge in [0.1, 0.15) is 6.04 Å². The summed E-state index contributed by atoms with van der Waals surface area (Å²) in [6.45, 7) is 13.4. The van der Waals surface area contributed by atoms with E-state index >= 15 is 0 Å². The summed E-state index contributed by atoms with van der Waals surface area (Å²) in [5.74, 6) is 1.88. The fraction of sp³-hybridized carbons (Fsp3) is 0.906. The summed E-state index contributed by atoms with van der Waals surface area (Å²) in [4.78, 5) is 41.3. The second-order valence-corrected chi connectivity index (χ2v) is 15.8. The van der Waals surface area contributed by atoms with Crippen molar-refractivity contribution in [2.45, 2.75) is 142 Å². The zero-order valence-electron chi connectivity index (χ0n) is 29.0. The fourth-order valence-electron chi connectivity index (χ4n) is 7.51. The van der Waals surface area contributed by atoms with Gasteiger partial charge < -0.3 is 25.7 Å². The molecule has 3 aliphatic carbocycles. The van der Waals surface area contributed by atoms with Gasteiger partial charge in [0.2, 0.25) is 11.8 Å². The van der Waals surface area contributed by atoms with Gasteiger partial charge in [-0.1, -0.05) is 72.1 Å². The molecule has 0 aromatic heterocycles. The summed E-state index contributed by atoms with van der Waals surface area (Å²) in [6.07, 6.45) is 11.2. The summed E-state index contributed by atoms with van der Waals surface area (Å²) < 4.78 is 13.2. The molecular weight excluding hydrogens is 607 g/mol. The van der Waals surface area contributed by atoms with E-state index in [4.69, 9.17) is 15.0 Å². The molecule has 14 heteroatoms. The molecule has 0 aromatic rings. The molecule has 2 bridgehead atoms. The summed E-state index contributed by atoms with van der Waals surface area (Å²) in [7, 11) is -0.566. The zero-order chi connectivity index (χ0) is 33.9. The second kappa shape index (κ2) is 17.9. The quantitative estimate of drug-likeness (QED) is 0.0341. The highest BCUT2D eigenvalue weighted by atomic mass is 32.2. The Balaban J connectivity index is 1.59. The van der Waals surface area contributed by atoms with Crippen LogP contribution in [0, 0.1) is 33.3 Å². The number of nitrogens with one attached hydrogen (secondary N) is 3. The molecule has 262 valence electrons. The first kappa shape index (κ1) is 38.4. The van der Waals surface area contributed by atoms with Gasteiger partial charge >= 0.3 is 7.12 Å². The van der Waals surface area contributed by atoms with E-state index in [0.717, 1.165) is 25.0 Å². The lowest BCUT2D eigenvalue weighted by Crippen LogP contribution is -2.65. The number of carbonyl (C=O) groups excluding carboxylic acids is 2. The van der Waals surface area contributed by atoms with E-state index < -0.39 is 18.2 Å². The van der Waals surface area contributed by atoms with Gasteiger partial charge in [-0.05, 0) is 74.4 Å². The van der Waals surface area contributed by atoms with E-state index in [1.807, 2.05) is 5.43 Å². The first-order chi connectivity index (χ1) is 21.8. The second-order valence-electron chi connectivity index (χ2n) is 14.6. The van der Waals surface area contributed by atoms with Crippen LogP contribution in [0.4, 0.5) is 0 Å². The number of unbranched alkanes of at least 4 members (excludes halogenated alkanes) is 5. The Morgan fingerprint density at radius 1 is 1.09 bits per heavy atom. The molecule has 2 amide bonds. The molecule has 0 spiro atoms. The molecule has 1 saturated heterocycles. The number of hydrazine groups is 1. The third kappa shape index (κ3) is 10.7. The van der Waals surface area contributed by atoms with Gasteiger partial charge in [0.25, 0.3) is 5.96 Å². The van der Waals surface area contributed by atoms with Crippen molar-refractivity contribution < 1.29 is 23.9 Å². The molecule has 6 atom stereocenters. The molecule has 1 aliphatic heterocycles. The van der Waals surface area contributed by atoms with Gasteiger partial charge in [-0.15, -0.1) is 0 Å². The van der Waals surface area contributed by atoms with Crippen LogP contribution in [0.25, 0.3) is 0 Å². The molecule has 12 nitrogen and oxygen atoms in total. The lowest BCUT2D eigenvalue weighted by Gasteiger charge is -2.64. The van der Waals surface area contributed by atoms with Crippen LogP contribution in [0.3, 0.4) is 0 Å². The monoisotopic (exact) mass is 666 g/mol. The fourth-order valence-corrected chi connectivity index (χ4v) is 8.45. The topological polar surface area (TPSA) is 170 Å². The molecule has 0 unspecified atom stereocenters. The Morgan fingerprint density at radius 3 is 2.48 bits per heavy atom. The zero-order valence-corrected chi connectivity index (χ0v) is 29.8. The number of carbonyl (C=O) groups is 2. The lowest BCUT2D eigenvalue weighted by atomic mass is 9.43. The van der Waals surface area contributed by atoms with Crippen molar-refractivity contribution in [3.05, 3.63) is 10.1 Å². The van der Waals surface area contributed by atoms with E-state index in [0.29, 0.717) is 43.3 Å². The maximum Gasteiger partial charge on any atom is 0.481 e. The van der Waals surface area contributed by atoms with E-state index in [2.05, 4.69) is 57.2 Å². The highest BCUT2D eigenvalue weighted by Crippen LogP contribution is 2.65. The van der Waals surface area contributed by atoms with E-state index in [-0.39, 0.29) is 53.3 Å². The van der Waals surface area contributed by atoms with Crippen molar-refractivity contribution in [2.75, 3.05) is 18.1 Å². The first-order valence-electron chi connectivity index (χ1n) is 17.5. The SMILES string of the molecule is CCCCCCCCSCCC(=O)N[C@@H](CCCN=C(N)N[N+](=O)[O-])C(=O)N[C@@H](CC(C)C)B1O[C@@H]2C[C@H]3C[C@H](C3(C)C)[C@]2(C)O1. The highest BCUT2D eigenvalue weighted by Gasteiger charge is 2.68. The van der Waals surface area contributed by atoms with E-state index in [1.165, 1.54) is 32.1 Å². The maximum absolute atomic E-state index is 13.8. The van der Waals surface area contributed by atoms with Gasteiger partial charge in [0.05, 0.1) is 17.6 Å². The lowest BCUT2D eigenvalue weighted by molar-refractivity contribution is -0.525. The Kier molecular flexibility index (Phi) is 15.0. The average molecular weight is 667 g/mol. The number of guanidine groups is 1. The van der Waals surface area contributed by atoms with Crippen molar-refractivity contribution in [1.82, 2.24) is 16.1 Å². The standard InChI is InChI=1S/C32H59BN6O6S/c1-7-8-9-10-11-12-17-46-18-15-28(40)36-24(14-13-16-35-30(34)38-39(42)43)29(41)37-27(19-22(2)3)33-44-26-21-23-20-25(31(23,4)5)32(26,6)45-33/h22-27H,7-21H2,1-6H3,(H,36,40)(H,37,41)(H3,34,35,38)/t23-,24+,25-,26-,27+,32+/m1/s1. The molecule has 5 N–H and O–H groups in total. The largest absolute Gasteiger partial charge is 0.481 e. The van der Waals surface area contributed by atoms with Crippen LogP contribution in [0.5, 0.6) is 0 Å². The number of rotatable bonds is 21. The van der Waals surface area contributed by atoms with Crippen LogP contribution >= 0.6 is 11.8 Å². The normalized spacial score (nSPS) is 26.2. The highest BCUT2D eigenvalue weighted by molar-refractivity contribution is 7.99.